The SMILES string of the molecule is [B]PC[C@H](C(=O)N1C[C@H](OC)CC1C(=O)N[C@@H](C)c1ccc(-c2sccc2C)cc1)C(C)C. The quantitative estimate of drug-likeness (QED) is 0.420. The fourth-order valence-electron chi connectivity index (χ4n) is 4.39. The van der Waals surface area contributed by atoms with E-state index in [0.717, 1.165) is 5.56 Å². The highest BCUT2D eigenvalue weighted by molar-refractivity contribution is 7.66. The van der Waals surface area contributed by atoms with Crippen LogP contribution in [0.1, 0.15) is 44.4 Å². The molecular formula is C25H34BN2O3PS. The number of carbonyl (C=O) groups is 2. The van der Waals surface area contributed by atoms with Crippen molar-refractivity contribution in [1.82, 2.24) is 10.2 Å². The van der Waals surface area contributed by atoms with Gasteiger partial charge in [-0.25, -0.2) is 0 Å². The molecule has 5 nitrogen and oxygen atoms in total. The van der Waals surface area contributed by atoms with Gasteiger partial charge in [-0.3, -0.25) is 9.59 Å². The van der Waals surface area contributed by atoms with E-state index in [2.05, 4.69) is 48.0 Å². The third-order valence-electron chi connectivity index (χ3n) is 6.54. The van der Waals surface area contributed by atoms with Crippen LogP contribution in [0.5, 0.6) is 0 Å². The van der Waals surface area contributed by atoms with Crippen molar-refractivity contribution in [2.45, 2.75) is 52.3 Å². The van der Waals surface area contributed by atoms with E-state index < -0.39 is 6.04 Å². The molecule has 176 valence electrons. The Morgan fingerprint density at radius 3 is 2.48 bits per heavy atom. The fraction of sp³-hybridized carbons (Fsp3) is 0.520. The van der Waals surface area contributed by atoms with Crippen LogP contribution in [0.4, 0.5) is 0 Å². The van der Waals surface area contributed by atoms with E-state index in [9.17, 15) is 9.59 Å². The topological polar surface area (TPSA) is 58.6 Å². The van der Waals surface area contributed by atoms with Gasteiger partial charge in [-0.05, 0) is 54.1 Å². The number of thiophene rings is 1. The molecule has 2 heterocycles. The molecule has 1 aromatic heterocycles. The van der Waals surface area contributed by atoms with Gasteiger partial charge in [0.05, 0.1) is 12.1 Å². The van der Waals surface area contributed by atoms with Gasteiger partial charge in [0.1, 0.15) is 13.6 Å². The largest absolute Gasteiger partial charge is 0.380 e. The molecule has 2 amide bonds. The van der Waals surface area contributed by atoms with E-state index in [-0.39, 0.29) is 44.3 Å². The van der Waals surface area contributed by atoms with Gasteiger partial charge >= 0.3 is 0 Å². The van der Waals surface area contributed by atoms with Crippen LogP contribution in [-0.4, -0.2) is 56.2 Å². The highest BCUT2D eigenvalue weighted by Gasteiger charge is 2.42. The lowest BCUT2D eigenvalue weighted by Gasteiger charge is -2.30. The minimum atomic E-state index is -0.528. The van der Waals surface area contributed by atoms with Crippen molar-refractivity contribution < 1.29 is 14.3 Å². The molecule has 2 radical (unpaired) electrons. The molecule has 8 heteroatoms. The molecule has 1 saturated heterocycles. The Morgan fingerprint density at radius 2 is 1.94 bits per heavy atom. The number of hydrogen-bond acceptors (Lipinski definition) is 4. The number of rotatable bonds is 9. The van der Waals surface area contributed by atoms with Gasteiger partial charge in [0.25, 0.3) is 0 Å². The highest BCUT2D eigenvalue weighted by atomic mass is 32.1. The zero-order valence-electron chi connectivity index (χ0n) is 20.1. The molecule has 33 heavy (non-hydrogen) atoms. The van der Waals surface area contributed by atoms with Crippen molar-refractivity contribution in [2.75, 3.05) is 19.8 Å². The normalized spacial score (nSPS) is 20.5. The maximum Gasteiger partial charge on any atom is 0.243 e. The number of hydrogen-bond donors (Lipinski definition) is 1. The molecule has 0 spiro atoms. The minimum absolute atomic E-state index is 0.00553. The second-order valence-electron chi connectivity index (χ2n) is 9.14. The lowest BCUT2D eigenvalue weighted by atomic mass is 9.96. The Morgan fingerprint density at radius 1 is 1.24 bits per heavy atom. The van der Waals surface area contributed by atoms with Crippen molar-refractivity contribution >= 4 is 39.2 Å². The first-order valence-electron chi connectivity index (χ1n) is 11.5. The molecule has 3 rings (SSSR count). The van der Waals surface area contributed by atoms with Crippen LogP contribution in [0.3, 0.4) is 0 Å². The van der Waals surface area contributed by atoms with Crippen molar-refractivity contribution in [2.24, 2.45) is 11.8 Å². The van der Waals surface area contributed by atoms with Gasteiger partial charge in [0, 0.05) is 30.9 Å². The maximum absolute atomic E-state index is 13.3. The predicted molar refractivity (Wildman–Crippen MR) is 139 cm³/mol. The van der Waals surface area contributed by atoms with Gasteiger partial charge in [0.2, 0.25) is 11.8 Å². The average molecular weight is 484 g/mol. The molecule has 1 N–H and O–H groups in total. The van der Waals surface area contributed by atoms with Crippen LogP contribution >= 0.6 is 19.8 Å². The molecule has 2 aromatic rings. The summed E-state index contributed by atoms with van der Waals surface area (Å²) in [5, 5.41) is 5.22. The van der Waals surface area contributed by atoms with Gasteiger partial charge in [-0.1, -0.05) is 38.1 Å². The number of amides is 2. The van der Waals surface area contributed by atoms with Gasteiger partial charge in [0.15, 0.2) is 0 Å². The molecule has 1 aromatic carbocycles. The summed E-state index contributed by atoms with van der Waals surface area (Å²) in [4.78, 5) is 29.6. The first kappa shape index (κ1) is 25.9. The van der Waals surface area contributed by atoms with Crippen LogP contribution in [0, 0.1) is 18.8 Å². The molecule has 0 saturated carbocycles. The Labute approximate surface area is 204 Å². The molecular weight excluding hydrogens is 450 g/mol. The fourth-order valence-corrected chi connectivity index (χ4v) is 6.23. The third-order valence-corrected chi connectivity index (χ3v) is 8.28. The van der Waals surface area contributed by atoms with Crippen molar-refractivity contribution in [3.05, 3.63) is 46.8 Å². The number of methoxy groups -OCH3 is 1. The summed E-state index contributed by atoms with van der Waals surface area (Å²) >= 11 is 1.73. The van der Waals surface area contributed by atoms with E-state index in [1.165, 1.54) is 16.0 Å². The molecule has 1 aliphatic heterocycles. The lowest BCUT2D eigenvalue weighted by Crippen LogP contribution is -2.49. The minimum Gasteiger partial charge on any atom is -0.380 e. The third kappa shape index (κ3) is 6.06. The summed E-state index contributed by atoms with van der Waals surface area (Å²) in [6.07, 6.45) is 1.01. The van der Waals surface area contributed by atoms with Gasteiger partial charge in [-0.2, -0.15) is 8.46 Å². The van der Waals surface area contributed by atoms with Crippen LogP contribution in [0.2, 0.25) is 0 Å². The van der Waals surface area contributed by atoms with Gasteiger partial charge in [-0.15, -0.1) is 11.3 Å². The Balaban J connectivity index is 1.71. The van der Waals surface area contributed by atoms with Gasteiger partial charge < -0.3 is 15.0 Å². The smallest absolute Gasteiger partial charge is 0.243 e. The van der Waals surface area contributed by atoms with E-state index in [1.54, 1.807) is 23.3 Å². The molecule has 1 aliphatic rings. The van der Waals surface area contributed by atoms with E-state index >= 15 is 0 Å². The van der Waals surface area contributed by atoms with E-state index in [1.807, 2.05) is 20.8 Å². The number of likely N-dealkylation sites (tertiary alicyclic amines) is 1. The number of benzene rings is 1. The summed E-state index contributed by atoms with van der Waals surface area (Å²) in [5.74, 6) is -0.134. The van der Waals surface area contributed by atoms with Crippen LogP contribution < -0.4 is 5.32 Å². The lowest BCUT2D eigenvalue weighted by molar-refractivity contribution is -0.142. The second kappa shape index (κ2) is 11.6. The molecule has 2 unspecified atom stereocenters. The number of ether oxygens (including phenoxy) is 1. The van der Waals surface area contributed by atoms with Crippen molar-refractivity contribution in [3.63, 3.8) is 0 Å². The summed E-state index contributed by atoms with van der Waals surface area (Å²) in [6, 6.07) is 9.75. The van der Waals surface area contributed by atoms with E-state index in [4.69, 9.17) is 12.3 Å². The summed E-state index contributed by atoms with van der Waals surface area (Å²) in [7, 11) is 7.63. The number of aryl methyl sites for hydroxylation is 1. The predicted octanol–water partition coefficient (Wildman–Crippen LogP) is 4.55. The second-order valence-corrected chi connectivity index (χ2v) is 10.9. The van der Waals surface area contributed by atoms with E-state index in [0.29, 0.717) is 19.1 Å². The number of carbonyl (C=O) groups excluding carboxylic acids is 2. The Kier molecular flexibility index (Phi) is 9.14. The van der Waals surface area contributed by atoms with Crippen molar-refractivity contribution in [1.29, 1.82) is 0 Å². The van der Waals surface area contributed by atoms with Crippen molar-refractivity contribution in [3.8, 4) is 10.4 Å². The van der Waals surface area contributed by atoms with Crippen LogP contribution in [-0.2, 0) is 14.3 Å². The molecule has 0 bridgehead atoms. The Bertz CT molecular complexity index is 949. The zero-order valence-corrected chi connectivity index (χ0v) is 21.9. The standard InChI is InChI=1S/C25H34BN2O3PS/c1-15(2)21(14-32-26)25(30)28-13-20(31-5)12-22(28)24(29)27-17(4)18-6-8-19(9-7-18)23-16(3)10-11-33-23/h6-11,15,17,20-22,32H,12-14H2,1-5H3,(H,27,29)/t17-,20+,21-,22?/m0/s1. The number of nitrogens with one attached hydrogen (secondary N) is 1. The Hall–Kier alpha value is -1.69. The maximum atomic E-state index is 13.3. The highest BCUT2D eigenvalue weighted by Crippen LogP contribution is 2.31. The average Bonchev–Trinajstić information content (AvgIpc) is 3.43. The molecule has 5 atom stereocenters. The first-order chi connectivity index (χ1) is 15.8. The monoisotopic (exact) mass is 484 g/mol. The molecule has 1 fully saturated rings. The van der Waals surface area contributed by atoms with Crippen LogP contribution in [0.15, 0.2) is 35.7 Å². The summed E-state index contributed by atoms with van der Waals surface area (Å²) in [5.41, 5.74) is 3.48. The number of nitrogens with zero attached hydrogens (tertiary/aromatic N) is 1. The zero-order chi connectivity index (χ0) is 24.1. The summed E-state index contributed by atoms with van der Waals surface area (Å²) in [6.45, 7) is 8.59. The molecule has 0 aliphatic carbocycles. The summed E-state index contributed by atoms with van der Waals surface area (Å²) < 4.78 is 5.52. The van der Waals surface area contributed by atoms with Crippen LogP contribution in [0.25, 0.3) is 10.4 Å². The first-order valence-corrected chi connectivity index (χ1v) is 13.6.